The van der Waals surface area contributed by atoms with Crippen molar-refractivity contribution in [3.63, 3.8) is 0 Å². The summed E-state index contributed by atoms with van der Waals surface area (Å²) >= 11 is 1.55. The van der Waals surface area contributed by atoms with Crippen LogP contribution in [0.5, 0.6) is 5.75 Å². The van der Waals surface area contributed by atoms with Crippen molar-refractivity contribution in [1.82, 2.24) is 0 Å². The topological polar surface area (TPSA) is 64.6 Å². The molecular weight excluding hydrogens is 362 g/mol. The zero-order valence-electron chi connectivity index (χ0n) is 16.1. The molecule has 0 aliphatic heterocycles. The second kappa shape index (κ2) is 10.0. The summed E-state index contributed by atoms with van der Waals surface area (Å²) in [4.78, 5) is 25.6. The fourth-order valence-corrected chi connectivity index (χ4v) is 3.18. The van der Waals surface area contributed by atoms with E-state index in [0.29, 0.717) is 11.3 Å². The lowest BCUT2D eigenvalue weighted by Gasteiger charge is -2.15. The van der Waals surface area contributed by atoms with Gasteiger partial charge in [-0.1, -0.05) is 32.0 Å². The van der Waals surface area contributed by atoms with Gasteiger partial charge in [0.15, 0.2) is 6.61 Å². The van der Waals surface area contributed by atoms with Crippen LogP contribution in [-0.4, -0.2) is 31.8 Å². The van der Waals surface area contributed by atoms with Crippen LogP contribution in [0.1, 0.15) is 35.3 Å². The highest BCUT2D eigenvalue weighted by atomic mass is 32.2. The summed E-state index contributed by atoms with van der Waals surface area (Å²) in [5, 5.41) is 2.88. The smallest absolute Gasteiger partial charge is 0.342 e. The second-order valence-corrected chi connectivity index (χ2v) is 6.73. The Bertz CT molecular complexity index is 798. The molecule has 2 aromatic carbocycles. The van der Waals surface area contributed by atoms with Gasteiger partial charge >= 0.3 is 5.97 Å². The molecular formula is C21H25NO4S. The molecule has 1 amide bonds. The number of hydrogen-bond acceptors (Lipinski definition) is 5. The molecule has 0 aromatic heterocycles. The zero-order valence-corrected chi connectivity index (χ0v) is 16.9. The largest absolute Gasteiger partial charge is 0.496 e. The van der Waals surface area contributed by atoms with Gasteiger partial charge in [-0.25, -0.2) is 4.79 Å². The van der Waals surface area contributed by atoms with Gasteiger partial charge in [0.1, 0.15) is 11.3 Å². The maximum absolute atomic E-state index is 12.3. The van der Waals surface area contributed by atoms with E-state index in [1.165, 1.54) is 7.11 Å². The lowest BCUT2D eigenvalue weighted by Crippen LogP contribution is -2.22. The predicted octanol–water partition coefficient (Wildman–Crippen LogP) is 4.34. The van der Waals surface area contributed by atoms with Gasteiger partial charge < -0.3 is 14.8 Å². The summed E-state index contributed by atoms with van der Waals surface area (Å²) in [5.41, 5.74) is 3.23. The van der Waals surface area contributed by atoms with Crippen LogP contribution in [0.3, 0.4) is 0 Å². The summed E-state index contributed by atoms with van der Waals surface area (Å²) in [6, 6.07) is 11.2. The van der Waals surface area contributed by atoms with Gasteiger partial charge in [0, 0.05) is 10.6 Å². The number of hydrogen-bond donors (Lipinski definition) is 1. The minimum absolute atomic E-state index is 0.298. The second-order valence-electron chi connectivity index (χ2n) is 5.85. The SMILES string of the molecule is CCc1cccc(CC)c1NC(=O)COC(=O)c1ccc(SC)cc1OC. The molecule has 0 saturated carbocycles. The third kappa shape index (κ3) is 5.26. The fraction of sp³-hybridized carbons (Fsp3) is 0.333. The van der Waals surface area contributed by atoms with Gasteiger partial charge in [0.25, 0.3) is 5.91 Å². The van der Waals surface area contributed by atoms with Crippen LogP contribution in [0.4, 0.5) is 5.69 Å². The van der Waals surface area contributed by atoms with Crippen molar-refractivity contribution in [2.24, 2.45) is 0 Å². The molecule has 0 aliphatic rings. The number of amides is 1. The number of carbonyl (C=O) groups excluding carboxylic acids is 2. The highest BCUT2D eigenvalue weighted by Crippen LogP contribution is 2.26. The molecule has 0 bridgehead atoms. The number of rotatable bonds is 8. The van der Waals surface area contributed by atoms with Crippen molar-refractivity contribution in [2.45, 2.75) is 31.6 Å². The van der Waals surface area contributed by atoms with Gasteiger partial charge in [0.05, 0.1) is 7.11 Å². The van der Waals surface area contributed by atoms with E-state index in [0.717, 1.165) is 34.6 Å². The maximum atomic E-state index is 12.3. The van der Waals surface area contributed by atoms with Crippen molar-refractivity contribution in [3.8, 4) is 5.75 Å². The van der Waals surface area contributed by atoms with Crippen LogP contribution in [0.15, 0.2) is 41.3 Å². The highest BCUT2D eigenvalue weighted by Gasteiger charge is 2.17. The molecule has 144 valence electrons. The first-order valence-corrected chi connectivity index (χ1v) is 10.1. The van der Waals surface area contributed by atoms with E-state index in [-0.39, 0.29) is 12.5 Å². The molecule has 6 heteroatoms. The van der Waals surface area contributed by atoms with Crippen LogP contribution >= 0.6 is 11.8 Å². The average molecular weight is 388 g/mol. The monoisotopic (exact) mass is 387 g/mol. The fourth-order valence-electron chi connectivity index (χ4n) is 2.75. The molecule has 2 aromatic rings. The molecule has 0 radical (unpaired) electrons. The van der Waals surface area contributed by atoms with Gasteiger partial charge in [-0.05, 0) is 48.4 Å². The number of thioether (sulfide) groups is 1. The van der Waals surface area contributed by atoms with Gasteiger partial charge in [0.2, 0.25) is 0 Å². The first-order valence-electron chi connectivity index (χ1n) is 8.83. The Morgan fingerprint density at radius 1 is 1.07 bits per heavy atom. The number of esters is 1. The Morgan fingerprint density at radius 2 is 1.74 bits per heavy atom. The molecule has 27 heavy (non-hydrogen) atoms. The first kappa shape index (κ1) is 20.8. The normalized spacial score (nSPS) is 10.4. The summed E-state index contributed by atoms with van der Waals surface area (Å²) in [5.74, 6) is -0.523. The molecule has 2 rings (SSSR count). The van der Waals surface area contributed by atoms with E-state index in [4.69, 9.17) is 9.47 Å². The van der Waals surface area contributed by atoms with Gasteiger partial charge in [-0.3, -0.25) is 4.79 Å². The van der Waals surface area contributed by atoms with Crippen molar-refractivity contribution in [2.75, 3.05) is 25.3 Å². The van der Waals surface area contributed by atoms with Crippen molar-refractivity contribution >= 4 is 29.3 Å². The van der Waals surface area contributed by atoms with E-state index < -0.39 is 5.97 Å². The van der Waals surface area contributed by atoms with E-state index in [1.54, 1.807) is 23.9 Å². The van der Waals surface area contributed by atoms with Crippen LogP contribution in [0, 0.1) is 0 Å². The third-order valence-electron chi connectivity index (χ3n) is 4.23. The molecule has 5 nitrogen and oxygen atoms in total. The first-order chi connectivity index (χ1) is 13.0. The number of carbonyl (C=O) groups is 2. The number of ether oxygens (including phenoxy) is 2. The highest BCUT2D eigenvalue weighted by molar-refractivity contribution is 7.98. The van der Waals surface area contributed by atoms with Crippen molar-refractivity contribution < 1.29 is 19.1 Å². The molecule has 0 aliphatic carbocycles. The van der Waals surface area contributed by atoms with E-state index in [9.17, 15) is 9.59 Å². The molecule has 0 atom stereocenters. The standard InChI is InChI=1S/C21H25NO4S/c1-5-14-8-7-9-15(6-2)20(14)22-19(23)13-26-21(24)17-11-10-16(27-4)12-18(17)25-3/h7-12H,5-6,13H2,1-4H3,(H,22,23). The number of para-hydroxylation sites is 1. The summed E-state index contributed by atoms with van der Waals surface area (Å²) in [7, 11) is 1.50. The minimum atomic E-state index is -0.589. The minimum Gasteiger partial charge on any atom is -0.496 e. The molecule has 0 spiro atoms. The molecule has 0 heterocycles. The number of nitrogens with one attached hydrogen (secondary N) is 1. The summed E-state index contributed by atoms with van der Waals surface area (Å²) in [6.45, 7) is 3.72. The Hall–Kier alpha value is -2.47. The number of methoxy groups -OCH3 is 1. The van der Waals surface area contributed by atoms with Crippen LogP contribution in [0.2, 0.25) is 0 Å². The predicted molar refractivity (Wildman–Crippen MR) is 109 cm³/mol. The molecule has 0 saturated heterocycles. The number of benzene rings is 2. The Morgan fingerprint density at radius 3 is 2.30 bits per heavy atom. The Balaban J connectivity index is 2.05. The Kier molecular flexibility index (Phi) is 7.73. The van der Waals surface area contributed by atoms with Crippen LogP contribution in [-0.2, 0) is 22.4 Å². The quantitative estimate of drug-likeness (QED) is 0.539. The maximum Gasteiger partial charge on any atom is 0.342 e. The number of aryl methyl sites for hydroxylation is 2. The van der Waals surface area contributed by atoms with Crippen molar-refractivity contribution in [3.05, 3.63) is 53.1 Å². The molecule has 1 N–H and O–H groups in total. The van der Waals surface area contributed by atoms with Crippen LogP contribution < -0.4 is 10.1 Å². The Labute approximate surface area is 164 Å². The van der Waals surface area contributed by atoms with Crippen LogP contribution in [0.25, 0.3) is 0 Å². The van der Waals surface area contributed by atoms with Gasteiger partial charge in [-0.2, -0.15) is 0 Å². The molecule has 0 fully saturated rings. The number of anilines is 1. The zero-order chi connectivity index (χ0) is 19.8. The van der Waals surface area contributed by atoms with E-state index in [2.05, 4.69) is 5.32 Å². The molecule has 0 unspecified atom stereocenters. The third-order valence-corrected chi connectivity index (χ3v) is 4.95. The lowest BCUT2D eigenvalue weighted by atomic mass is 10.0. The van der Waals surface area contributed by atoms with E-state index >= 15 is 0 Å². The summed E-state index contributed by atoms with van der Waals surface area (Å²) < 4.78 is 10.4. The average Bonchev–Trinajstić information content (AvgIpc) is 2.71. The summed E-state index contributed by atoms with van der Waals surface area (Å²) in [6.07, 6.45) is 3.56. The van der Waals surface area contributed by atoms with Crippen molar-refractivity contribution in [1.29, 1.82) is 0 Å². The van der Waals surface area contributed by atoms with Gasteiger partial charge in [-0.15, -0.1) is 11.8 Å². The van der Waals surface area contributed by atoms with E-state index in [1.807, 2.05) is 44.4 Å². The lowest BCUT2D eigenvalue weighted by molar-refractivity contribution is -0.119.